The van der Waals surface area contributed by atoms with Crippen LogP contribution in [-0.2, 0) is 14.3 Å². The summed E-state index contributed by atoms with van der Waals surface area (Å²) in [5, 5.41) is 2.34. The third kappa shape index (κ3) is 3.71. The summed E-state index contributed by atoms with van der Waals surface area (Å²) in [6.07, 6.45) is 1.45. The summed E-state index contributed by atoms with van der Waals surface area (Å²) < 4.78 is 4.42. The second-order valence-corrected chi connectivity index (χ2v) is 2.47. The lowest BCUT2D eigenvalue weighted by Crippen LogP contribution is -2.39. The minimum Gasteiger partial charge on any atom is -0.464 e. The lowest BCUT2D eigenvalue weighted by Gasteiger charge is -2.08. The van der Waals surface area contributed by atoms with E-state index in [4.69, 9.17) is 5.73 Å². The molecule has 3 N–H and O–H groups in total. The van der Waals surface area contributed by atoms with Gasteiger partial charge in [0.05, 0.1) is 13.2 Å². The minimum atomic E-state index is -0.653. The van der Waals surface area contributed by atoms with E-state index in [1.54, 1.807) is 6.92 Å². The molecule has 0 aliphatic carbocycles. The van der Waals surface area contributed by atoms with E-state index in [-0.39, 0.29) is 5.70 Å². The molecule has 74 valence electrons. The van der Waals surface area contributed by atoms with Gasteiger partial charge < -0.3 is 15.8 Å². The lowest BCUT2D eigenvalue weighted by atomic mass is 10.3. The zero-order chi connectivity index (χ0) is 10.4. The fourth-order valence-electron chi connectivity index (χ4n) is 0.598. The predicted octanol–water partition coefficient (Wildman–Crippen LogP) is -0.473. The first-order valence-corrected chi connectivity index (χ1v) is 3.84. The third-order valence-electron chi connectivity index (χ3n) is 1.37. The average molecular weight is 186 g/mol. The van der Waals surface area contributed by atoms with Gasteiger partial charge in [-0.25, -0.2) is 4.79 Å². The van der Waals surface area contributed by atoms with Crippen molar-refractivity contribution < 1.29 is 14.3 Å². The Bertz CT molecular complexity index is 234. The zero-order valence-corrected chi connectivity index (χ0v) is 7.96. The van der Waals surface area contributed by atoms with Crippen molar-refractivity contribution in [3.8, 4) is 0 Å². The van der Waals surface area contributed by atoms with Crippen molar-refractivity contribution in [2.24, 2.45) is 5.73 Å². The zero-order valence-electron chi connectivity index (χ0n) is 7.96. The Hall–Kier alpha value is -1.36. The summed E-state index contributed by atoms with van der Waals surface area (Å²) in [5.74, 6) is -1.00. The van der Waals surface area contributed by atoms with Gasteiger partial charge in [0.1, 0.15) is 5.70 Å². The molecule has 0 aliphatic heterocycles. The van der Waals surface area contributed by atoms with Gasteiger partial charge in [-0.1, -0.05) is 6.08 Å². The van der Waals surface area contributed by atoms with Crippen LogP contribution in [0.2, 0.25) is 0 Å². The van der Waals surface area contributed by atoms with Crippen molar-refractivity contribution in [3.63, 3.8) is 0 Å². The maximum atomic E-state index is 11.0. The molecule has 0 rings (SSSR count). The van der Waals surface area contributed by atoms with Gasteiger partial charge in [0.2, 0.25) is 5.91 Å². The Kier molecular flexibility index (Phi) is 4.76. The number of allylic oxidation sites excluding steroid dienone is 1. The van der Waals surface area contributed by atoms with Crippen molar-refractivity contribution in [1.82, 2.24) is 5.32 Å². The molecular formula is C8H14N2O3. The number of methoxy groups -OCH3 is 1. The first kappa shape index (κ1) is 11.6. The highest BCUT2D eigenvalue weighted by Gasteiger charge is 2.14. The molecule has 5 heteroatoms. The SMILES string of the molecule is C/C=C(/NC(=O)C(C)N)C(=O)OC. The van der Waals surface area contributed by atoms with E-state index in [9.17, 15) is 9.59 Å². The van der Waals surface area contributed by atoms with E-state index in [2.05, 4.69) is 10.1 Å². The highest BCUT2D eigenvalue weighted by molar-refractivity contribution is 5.95. The molecule has 0 spiro atoms. The minimum absolute atomic E-state index is 0.102. The predicted molar refractivity (Wildman–Crippen MR) is 47.6 cm³/mol. The number of ether oxygens (including phenoxy) is 1. The number of nitrogens with one attached hydrogen (secondary N) is 1. The molecule has 1 atom stereocenters. The fraction of sp³-hybridized carbons (Fsp3) is 0.500. The van der Waals surface area contributed by atoms with Crippen LogP contribution in [0, 0.1) is 0 Å². The van der Waals surface area contributed by atoms with Crippen LogP contribution in [0.5, 0.6) is 0 Å². The Morgan fingerprint density at radius 3 is 2.38 bits per heavy atom. The maximum Gasteiger partial charge on any atom is 0.354 e. The van der Waals surface area contributed by atoms with Crippen molar-refractivity contribution >= 4 is 11.9 Å². The van der Waals surface area contributed by atoms with Crippen LogP contribution in [0.1, 0.15) is 13.8 Å². The molecule has 0 bridgehead atoms. The molecule has 0 saturated heterocycles. The molecule has 0 aromatic heterocycles. The summed E-state index contributed by atoms with van der Waals surface area (Å²) in [7, 11) is 1.24. The standard InChI is InChI=1S/C8H14N2O3/c1-4-6(8(12)13-3)10-7(11)5(2)9/h4-5H,9H2,1-3H3,(H,10,11)/b6-4+. The van der Waals surface area contributed by atoms with E-state index < -0.39 is 17.9 Å². The number of nitrogens with two attached hydrogens (primary N) is 1. The molecule has 0 fully saturated rings. The largest absolute Gasteiger partial charge is 0.464 e. The van der Waals surface area contributed by atoms with Gasteiger partial charge in [-0.2, -0.15) is 0 Å². The highest BCUT2D eigenvalue weighted by atomic mass is 16.5. The fourth-order valence-corrected chi connectivity index (χ4v) is 0.598. The molecule has 5 nitrogen and oxygen atoms in total. The van der Waals surface area contributed by atoms with Crippen LogP contribution in [0.25, 0.3) is 0 Å². The summed E-state index contributed by atoms with van der Waals surface area (Å²) in [5.41, 5.74) is 5.39. The van der Waals surface area contributed by atoms with Crippen molar-refractivity contribution in [2.75, 3.05) is 7.11 Å². The first-order chi connectivity index (χ1) is 6.02. The second-order valence-electron chi connectivity index (χ2n) is 2.47. The van der Waals surface area contributed by atoms with Crippen LogP contribution >= 0.6 is 0 Å². The van der Waals surface area contributed by atoms with Gasteiger partial charge in [-0.05, 0) is 13.8 Å². The molecule has 13 heavy (non-hydrogen) atoms. The number of esters is 1. The van der Waals surface area contributed by atoms with Gasteiger partial charge in [0.25, 0.3) is 0 Å². The monoisotopic (exact) mass is 186 g/mol. The van der Waals surface area contributed by atoms with Gasteiger partial charge in [-0.15, -0.1) is 0 Å². The quantitative estimate of drug-likeness (QED) is 0.461. The van der Waals surface area contributed by atoms with Crippen molar-refractivity contribution in [2.45, 2.75) is 19.9 Å². The van der Waals surface area contributed by atoms with Crippen LogP contribution in [0.3, 0.4) is 0 Å². The van der Waals surface area contributed by atoms with E-state index in [0.29, 0.717) is 0 Å². The topological polar surface area (TPSA) is 81.4 Å². The summed E-state index contributed by atoms with van der Waals surface area (Å²) in [6.45, 7) is 3.15. The van der Waals surface area contributed by atoms with E-state index >= 15 is 0 Å². The van der Waals surface area contributed by atoms with Crippen molar-refractivity contribution in [3.05, 3.63) is 11.8 Å². The first-order valence-electron chi connectivity index (χ1n) is 3.84. The summed E-state index contributed by atoms with van der Waals surface area (Å²) in [4.78, 5) is 22.0. The summed E-state index contributed by atoms with van der Waals surface area (Å²) >= 11 is 0. The molecule has 1 amide bonds. The number of rotatable bonds is 3. The van der Waals surface area contributed by atoms with Gasteiger partial charge in [0, 0.05) is 0 Å². The van der Waals surface area contributed by atoms with Gasteiger partial charge >= 0.3 is 5.97 Å². The van der Waals surface area contributed by atoms with E-state index in [1.165, 1.54) is 20.1 Å². The Morgan fingerprint density at radius 1 is 1.54 bits per heavy atom. The Morgan fingerprint density at radius 2 is 2.08 bits per heavy atom. The number of hydrogen-bond acceptors (Lipinski definition) is 4. The molecule has 0 aliphatic rings. The molecule has 0 heterocycles. The second kappa shape index (κ2) is 5.31. The lowest BCUT2D eigenvalue weighted by molar-refractivity contribution is -0.137. The summed E-state index contributed by atoms with van der Waals surface area (Å²) in [6, 6.07) is -0.653. The third-order valence-corrected chi connectivity index (χ3v) is 1.37. The number of carbonyl (C=O) groups excluding carboxylic acids is 2. The average Bonchev–Trinajstić information content (AvgIpc) is 2.12. The molecule has 0 aromatic rings. The Labute approximate surface area is 76.9 Å². The smallest absolute Gasteiger partial charge is 0.354 e. The molecule has 0 saturated carbocycles. The van der Waals surface area contributed by atoms with Gasteiger partial charge in [-0.3, -0.25) is 4.79 Å². The maximum absolute atomic E-state index is 11.0. The molecule has 0 radical (unpaired) electrons. The van der Waals surface area contributed by atoms with Crippen LogP contribution in [0.4, 0.5) is 0 Å². The van der Waals surface area contributed by atoms with Crippen LogP contribution in [0.15, 0.2) is 11.8 Å². The van der Waals surface area contributed by atoms with E-state index in [0.717, 1.165) is 0 Å². The Balaban J connectivity index is 4.32. The van der Waals surface area contributed by atoms with Crippen LogP contribution in [-0.4, -0.2) is 25.0 Å². The van der Waals surface area contributed by atoms with Crippen molar-refractivity contribution in [1.29, 1.82) is 0 Å². The van der Waals surface area contributed by atoms with Gasteiger partial charge in [0.15, 0.2) is 0 Å². The number of amides is 1. The van der Waals surface area contributed by atoms with E-state index in [1.807, 2.05) is 0 Å². The highest BCUT2D eigenvalue weighted by Crippen LogP contribution is 1.92. The molecular weight excluding hydrogens is 172 g/mol. The molecule has 1 unspecified atom stereocenters. The number of hydrogen-bond donors (Lipinski definition) is 2. The molecule has 0 aromatic carbocycles. The normalized spacial score (nSPS) is 13.4. The number of carbonyl (C=O) groups is 2. The van der Waals surface area contributed by atoms with Crippen LogP contribution < -0.4 is 11.1 Å².